The highest BCUT2D eigenvalue weighted by Crippen LogP contribution is 2.32. The molecule has 1 fully saturated rings. The number of halogens is 1. The van der Waals surface area contributed by atoms with E-state index in [1.807, 2.05) is 0 Å². The van der Waals surface area contributed by atoms with Crippen LogP contribution < -0.4 is 10.1 Å². The van der Waals surface area contributed by atoms with Gasteiger partial charge in [0.1, 0.15) is 34.7 Å². The molecule has 0 radical (unpaired) electrons. The molecule has 2 heterocycles. The summed E-state index contributed by atoms with van der Waals surface area (Å²) in [6.45, 7) is 6.96. The van der Waals surface area contributed by atoms with Gasteiger partial charge in [0.2, 0.25) is 0 Å². The third kappa shape index (κ3) is 5.75. The summed E-state index contributed by atoms with van der Waals surface area (Å²) in [6, 6.07) is 7.56. The third-order valence-electron chi connectivity index (χ3n) is 5.00. The van der Waals surface area contributed by atoms with E-state index < -0.39 is 23.6 Å². The van der Waals surface area contributed by atoms with Crippen molar-refractivity contribution in [2.75, 3.05) is 5.32 Å². The Bertz CT molecular complexity index is 1200. The molecule has 4 rings (SSSR count). The number of ketones is 1. The van der Waals surface area contributed by atoms with Crippen LogP contribution in [-0.4, -0.2) is 37.5 Å². The zero-order valence-corrected chi connectivity index (χ0v) is 19.4. The summed E-state index contributed by atoms with van der Waals surface area (Å²) in [7, 11) is 0. The molecular formula is C24H26FN5O4. The number of carbonyl (C=O) groups excluding carboxylic acids is 2. The predicted octanol–water partition coefficient (Wildman–Crippen LogP) is 4.88. The number of carbonyl (C=O) groups is 2. The molecule has 10 heteroatoms. The second-order valence-corrected chi connectivity index (χ2v) is 9.13. The molecule has 0 saturated heterocycles. The number of rotatable bonds is 7. The van der Waals surface area contributed by atoms with Gasteiger partial charge in [-0.3, -0.25) is 10.1 Å². The Morgan fingerprint density at radius 3 is 2.56 bits per heavy atom. The average molecular weight is 468 g/mol. The molecule has 1 saturated carbocycles. The first kappa shape index (κ1) is 23.3. The number of amides is 1. The number of benzene rings is 1. The van der Waals surface area contributed by atoms with E-state index in [9.17, 15) is 14.0 Å². The van der Waals surface area contributed by atoms with E-state index in [0.29, 0.717) is 22.8 Å². The maximum Gasteiger partial charge on any atom is 0.412 e. The summed E-state index contributed by atoms with van der Waals surface area (Å²) < 4.78 is 25.5. The number of hydrogen-bond acceptors (Lipinski definition) is 7. The minimum Gasteiger partial charge on any atom is -0.483 e. The molecular weight excluding hydrogens is 441 g/mol. The zero-order chi connectivity index (χ0) is 24.5. The van der Waals surface area contributed by atoms with Crippen molar-refractivity contribution in [2.45, 2.75) is 52.2 Å². The average Bonchev–Trinajstić information content (AvgIpc) is 3.50. The van der Waals surface area contributed by atoms with Crippen molar-refractivity contribution in [3.63, 3.8) is 0 Å². The molecule has 0 bridgehead atoms. The van der Waals surface area contributed by atoms with Gasteiger partial charge in [-0.2, -0.15) is 9.90 Å². The van der Waals surface area contributed by atoms with Crippen molar-refractivity contribution in [2.24, 2.45) is 5.92 Å². The second kappa shape index (κ2) is 9.20. The van der Waals surface area contributed by atoms with E-state index in [0.717, 1.165) is 12.8 Å². The van der Waals surface area contributed by atoms with Crippen molar-refractivity contribution >= 4 is 17.6 Å². The Morgan fingerprint density at radius 1 is 1.18 bits per heavy atom. The first-order chi connectivity index (χ1) is 16.1. The fourth-order valence-corrected chi connectivity index (χ4v) is 3.14. The van der Waals surface area contributed by atoms with Crippen LogP contribution >= 0.6 is 0 Å². The Kier molecular flexibility index (Phi) is 6.32. The Morgan fingerprint density at radius 2 is 1.94 bits per heavy atom. The highest BCUT2D eigenvalue weighted by atomic mass is 19.1. The number of ether oxygens (including phenoxy) is 2. The topological polar surface area (TPSA) is 108 Å². The number of hydrogen-bond donors (Lipinski definition) is 1. The predicted molar refractivity (Wildman–Crippen MR) is 122 cm³/mol. The van der Waals surface area contributed by atoms with Gasteiger partial charge < -0.3 is 9.47 Å². The van der Waals surface area contributed by atoms with Crippen LogP contribution in [0.3, 0.4) is 0 Å². The van der Waals surface area contributed by atoms with E-state index in [-0.39, 0.29) is 17.4 Å². The van der Waals surface area contributed by atoms with Crippen LogP contribution in [0.2, 0.25) is 0 Å². The summed E-state index contributed by atoms with van der Waals surface area (Å²) in [5.74, 6) is 0.0266. The minimum absolute atomic E-state index is 0.0156. The van der Waals surface area contributed by atoms with Gasteiger partial charge in [0.25, 0.3) is 0 Å². The summed E-state index contributed by atoms with van der Waals surface area (Å²) >= 11 is 0. The molecule has 178 valence electrons. The quantitative estimate of drug-likeness (QED) is 0.493. The normalized spacial score (nSPS) is 14.4. The molecule has 1 aliphatic rings. The molecule has 34 heavy (non-hydrogen) atoms. The van der Waals surface area contributed by atoms with Gasteiger partial charge in [-0.05, 0) is 64.8 Å². The fourth-order valence-electron chi connectivity index (χ4n) is 3.14. The molecule has 1 aromatic carbocycles. The van der Waals surface area contributed by atoms with Crippen LogP contribution in [0.5, 0.6) is 5.75 Å². The van der Waals surface area contributed by atoms with Gasteiger partial charge in [-0.15, -0.1) is 5.10 Å². The number of nitrogens with zero attached hydrogens (tertiary/aromatic N) is 4. The monoisotopic (exact) mass is 467 g/mol. The van der Waals surface area contributed by atoms with Crippen LogP contribution in [-0.2, 0) is 4.74 Å². The number of aromatic nitrogens is 4. The zero-order valence-electron chi connectivity index (χ0n) is 19.4. The lowest BCUT2D eigenvalue weighted by atomic mass is 10.2. The fraction of sp³-hybridized carbons (Fsp3) is 0.375. The van der Waals surface area contributed by atoms with Crippen LogP contribution in [0.25, 0.3) is 5.69 Å². The van der Waals surface area contributed by atoms with E-state index in [2.05, 4.69) is 20.5 Å². The first-order valence-corrected chi connectivity index (χ1v) is 11.0. The molecule has 2 aromatic heterocycles. The molecule has 1 aliphatic carbocycles. The Hall–Kier alpha value is -3.82. The van der Waals surface area contributed by atoms with Crippen LogP contribution in [0.1, 0.15) is 62.8 Å². The number of Topliss-reactive ketones (excluding diaryl/α,β-unsaturated/α-hetero) is 1. The molecule has 3 aromatic rings. The number of pyridine rings is 1. The third-order valence-corrected chi connectivity index (χ3v) is 5.00. The van der Waals surface area contributed by atoms with Crippen molar-refractivity contribution in [3.05, 3.63) is 59.9 Å². The Labute approximate surface area is 196 Å². The molecule has 0 aliphatic heterocycles. The van der Waals surface area contributed by atoms with Crippen LogP contribution in [0.4, 0.5) is 14.9 Å². The van der Waals surface area contributed by atoms with Crippen molar-refractivity contribution in [1.82, 2.24) is 20.0 Å². The van der Waals surface area contributed by atoms with Crippen LogP contribution in [0.15, 0.2) is 42.7 Å². The smallest absolute Gasteiger partial charge is 0.412 e. The molecule has 0 unspecified atom stereocenters. The van der Waals surface area contributed by atoms with E-state index >= 15 is 0 Å². The van der Waals surface area contributed by atoms with Gasteiger partial charge in [0.15, 0.2) is 5.78 Å². The second-order valence-electron chi connectivity index (χ2n) is 9.13. The standard InChI is InChI=1S/C24H26FN5O4/c1-14(33-17-8-10-20(26-12-17)22(31)15-5-6-15)21-13-27-30(29-21)16-7-9-19(18(25)11-16)28-23(32)34-24(2,3)4/h7-15H,5-6H2,1-4H3,(H,28,32)/t14-/m1/s1. The number of nitrogens with one attached hydrogen (secondary N) is 1. The molecule has 1 N–H and O–H groups in total. The minimum atomic E-state index is -0.746. The number of anilines is 1. The van der Waals surface area contributed by atoms with E-state index in [4.69, 9.17) is 9.47 Å². The van der Waals surface area contributed by atoms with Crippen molar-refractivity contribution < 1.29 is 23.5 Å². The maximum absolute atomic E-state index is 14.5. The molecule has 1 amide bonds. The summed E-state index contributed by atoms with van der Waals surface area (Å²) in [5.41, 5.74) is 0.629. The lowest BCUT2D eigenvalue weighted by Gasteiger charge is -2.19. The highest BCUT2D eigenvalue weighted by molar-refractivity contribution is 5.97. The lowest BCUT2D eigenvalue weighted by molar-refractivity contribution is 0.0635. The van der Waals surface area contributed by atoms with Crippen molar-refractivity contribution in [1.29, 1.82) is 0 Å². The molecule has 1 atom stereocenters. The SMILES string of the molecule is C[C@@H](Oc1ccc(C(=O)C2CC2)nc1)c1cnn(-c2ccc(NC(=O)OC(C)(C)C)c(F)c2)n1. The first-order valence-electron chi connectivity index (χ1n) is 11.0. The largest absolute Gasteiger partial charge is 0.483 e. The summed E-state index contributed by atoms with van der Waals surface area (Å²) in [5, 5.41) is 10.9. The lowest BCUT2D eigenvalue weighted by Crippen LogP contribution is -2.27. The maximum atomic E-state index is 14.5. The molecule has 0 spiro atoms. The van der Waals surface area contributed by atoms with Gasteiger partial charge in [-0.25, -0.2) is 14.2 Å². The summed E-state index contributed by atoms with van der Waals surface area (Å²) in [6.07, 6.45) is 3.69. The van der Waals surface area contributed by atoms with Gasteiger partial charge in [-0.1, -0.05) is 0 Å². The molecule has 9 nitrogen and oxygen atoms in total. The van der Waals surface area contributed by atoms with Gasteiger partial charge in [0.05, 0.1) is 23.8 Å². The van der Waals surface area contributed by atoms with Crippen LogP contribution in [0, 0.1) is 11.7 Å². The summed E-state index contributed by atoms with van der Waals surface area (Å²) in [4.78, 5) is 29.4. The van der Waals surface area contributed by atoms with Crippen molar-refractivity contribution in [3.8, 4) is 11.4 Å². The van der Waals surface area contributed by atoms with E-state index in [1.54, 1.807) is 45.9 Å². The van der Waals surface area contributed by atoms with E-state index in [1.165, 1.54) is 29.3 Å². The van der Waals surface area contributed by atoms with Gasteiger partial charge >= 0.3 is 6.09 Å². The Balaban J connectivity index is 1.39. The van der Waals surface area contributed by atoms with Gasteiger partial charge in [0, 0.05) is 12.0 Å². The highest BCUT2D eigenvalue weighted by Gasteiger charge is 2.31.